The van der Waals surface area contributed by atoms with E-state index in [0.29, 0.717) is 36.3 Å². The second-order valence-electron chi connectivity index (χ2n) is 12.2. The molecule has 2 amide bonds. The number of nitrogens with one attached hydrogen (secondary N) is 3. The Morgan fingerprint density at radius 1 is 1.12 bits per heavy atom. The number of carbonyl (C=O) groups excluding carboxylic acids is 2. The van der Waals surface area contributed by atoms with Gasteiger partial charge in [-0.1, -0.05) is 18.9 Å². The predicted molar refractivity (Wildman–Crippen MR) is 149 cm³/mol. The van der Waals surface area contributed by atoms with Crippen LogP contribution in [0.4, 0.5) is 0 Å². The number of imidazole rings is 1. The maximum atomic E-state index is 13.4. The minimum atomic E-state index is -0.595. The third-order valence-electron chi connectivity index (χ3n) is 9.64. The number of hydrogen-bond donors (Lipinski definition) is 3. The Morgan fingerprint density at radius 2 is 1.85 bits per heavy atom. The second-order valence-corrected chi connectivity index (χ2v) is 12.2. The van der Waals surface area contributed by atoms with E-state index in [1.54, 1.807) is 7.11 Å². The summed E-state index contributed by atoms with van der Waals surface area (Å²) in [5.74, 6) is 0.876. The van der Waals surface area contributed by atoms with Gasteiger partial charge in [0, 0.05) is 61.8 Å². The van der Waals surface area contributed by atoms with Crippen LogP contribution in [0.2, 0.25) is 0 Å². The molecule has 0 spiro atoms. The van der Waals surface area contributed by atoms with E-state index < -0.39 is 12.1 Å². The van der Waals surface area contributed by atoms with Gasteiger partial charge in [0.05, 0.1) is 24.3 Å². The lowest BCUT2D eigenvalue weighted by atomic mass is 9.84. The van der Waals surface area contributed by atoms with Crippen molar-refractivity contribution >= 4 is 11.8 Å². The lowest BCUT2D eigenvalue weighted by Gasteiger charge is -2.29. The molecule has 1 aromatic rings. The minimum Gasteiger partial charge on any atom is -0.381 e. The van der Waals surface area contributed by atoms with Gasteiger partial charge in [-0.2, -0.15) is 0 Å². The summed E-state index contributed by atoms with van der Waals surface area (Å²) in [7, 11) is 3.65. The van der Waals surface area contributed by atoms with Gasteiger partial charge >= 0.3 is 0 Å². The number of ether oxygens (including phenoxy) is 1. The van der Waals surface area contributed by atoms with Crippen molar-refractivity contribution in [2.75, 3.05) is 7.11 Å². The molecule has 5 rings (SSSR count). The van der Waals surface area contributed by atoms with Crippen LogP contribution in [0.3, 0.4) is 0 Å². The summed E-state index contributed by atoms with van der Waals surface area (Å²) in [4.78, 5) is 42.4. The molecule has 3 aliphatic carbocycles. The number of amides is 2. The highest BCUT2D eigenvalue weighted by atomic mass is 16.6. The predicted octanol–water partition coefficient (Wildman–Crippen LogP) is 3.39. The van der Waals surface area contributed by atoms with E-state index in [1.165, 1.54) is 12.8 Å². The first-order valence-corrected chi connectivity index (χ1v) is 15.1. The number of methoxy groups -OCH3 is 1. The summed E-state index contributed by atoms with van der Waals surface area (Å²) in [6.45, 7) is 0. The number of nitrogens with zero attached hydrogens (tertiary/aromatic N) is 3. The van der Waals surface area contributed by atoms with Crippen molar-refractivity contribution < 1.29 is 19.2 Å². The van der Waals surface area contributed by atoms with Gasteiger partial charge in [0.2, 0.25) is 11.9 Å². The first-order valence-electron chi connectivity index (χ1n) is 15.1. The average molecular weight is 557 g/mol. The van der Waals surface area contributed by atoms with Gasteiger partial charge in [-0.05, 0) is 57.3 Å². The minimum absolute atomic E-state index is 0.0917. The van der Waals surface area contributed by atoms with Crippen LogP contribution in [0.1, 0.15) is 107 Å². The van der Waals surface area contributed by atoms with Crippen molar-refractivity contribution in [3.05, 3.63) is 39.6 Å². The zero-order valence-electron chi connectivity index (χ0n) is 23.8. The van der Waals surface area contributed by atoms with Gasteiger partial charge in [-0.3, -0.25) is 19.7 Å². The molecule has 220 valence electrons. The third-order valence-corrected chi connectivity index (χ3v) is 9.64. The van der Waals surface area contributed by atoms with Crippen molar-refractivity contribution in [3.8, 4) is 0 Å². The van der Waals surface area contributed by atoms with Crippen LogP contribution in [0, 0.1) is 16.0 Å². The topological polar surface area (TPSA) is 140 Å². The maximum absolute atomic E-state index is 13.4. The van der Waals surface area contributed by atoms with Crippen molar-refractivity contribution in [2.24, 2.45) is 13.0 Å². The summed E-state index contributed by atoms with van der Waals surface area (Å²) in [6, 6.07) is -0.657. The van der Waals surface area contributed by atoms with E-state index in [2.05, 4.69) is 22.0 Å². The molecule has 2 unspecified atom stereocenters. The van der Waals surface area contributed by atoms with Crippen LogP contribution in [0.5, 0.6) is 0 Å². The van der Waals surface area contributed by atoms with E-state index in [1.807, 2.05) is 17.8 Å². The number of carbonyl (C=O) groups is 2. The molecule has 2 heterocycles. The van der Waals surface area contributed by atoms with Crippen LogP contribution in [-0.4, -0.2) is 57.6 Å². The fourth-order valence-corrected chi connectivity index (χ4v) is 7.22. The lowest BCUT2D eigenvalue weighted by molar-refractivity contribution is -0.526. The van der Waals surface area contributed by atoms with Gasteiger partial charge in [-0.15, -0.1) is 0 Å². The summed E-state index contributed by atoms with van der Waals surface area (Å²) in [5, 5.41) is 20.9. The zero-order valence-corrected chi connectivity index (χ0v) is 23.8. The molecule has 3 N–H and O–H groups in total. The van der Waals surface area contributed by atoms with E-state index >= 15 is 0 Å². The van der Waals surface area contributed by atoms with Gasteiger partial charge in [0.1, 0.15) is 5.82 Å². The zero-order chi connectivity index (χ0) is 28.2. The van der Waals surface area contributed by atoms with E-state index in [0.717, 1.165) is 57.1 Å². The summed E-state index contributed by atoms with van der Waals surface area (Å²) >= 11 is 0. The van der Waals surface area contributed by atoms with Crippen LogP contribution in [0.15, 0.2) is 18.0 Å². The first-order chi connectivity index (χ1) is 19.3. The SMILES string of the molecule is COC1CCC(NC(=O)C[C@H](NC(=O)C2=CC3CCCCC3N2)c2ncc(C3CCC([N+](=O)[O-])CC3)n2C)CC1. The highest BCUT2D eigenvalue weighted by molar-refractivity contribution is 5.94. The summed E-state index contributed by atoms with van der Waals surface area (Å²) in [5.41, 5.74) is 1.59. The van der Waals surface area contributed by atoms with Crippen LogP contribution in [-0.2, 0) is 21.4 Å². The molecule has 1 aromatic heterocycles. The monoisotopic (exact) mass is 556 g/mol. The fourth-order valence-electron chi connectivity index (χ4n) is 7.22. The first kappa shape index (κ1) is 28.6. The molecule has 3 atom stereocenters. The molecule has 0 radical (unpaired) electrons. The number of aromatic nitrogens is 2. The van der Waals surface area contributed by atoms with E-state index in [9.17, 15) is 19.7 Å². The molecule has 1 aliphatic heterocycles. The molecule has 11 nitrogen and oxygen atoms in total. The van der Waals surface area contributed by atoms with Gasteiger partial charge in [-0.25, -0.2) is 4.98 Å². The average Bonchev–Trinajstić information content (AvgIpc) is 3.57. The van der Waals surface area contributed by atoms with Crippen molar-refractivity contribution in [1.29, 1.82) is 0 Å². The Labute approximate surface area is 236 Å². The number of nitro groups is 1. The second kappa shape index (κ2) is 12.7. The quantitative estimate of drug-likeness (QED) is 0.313. The van der Waals surface area contributed by atoms with Crippen molar-refractivity contribution in [2.45, 2.75) is 120 Å². The Balaban J connectivity index is 1.29. The van der Waals surface area contributed by atoms with Gasteiger partial charge in [0.15, 0.2) is 0 Å². The van der Waals surface area contributed by atoms with E-state index in [-0.39, 0.29) is 41.2 Å². The Kier molecular flexibility index (Phi) is 9.07. The van der Waals surface area contributed by atoms with Crippen LogP contribution in [0.25, 0.3) is 0 Å². The molecular weight excluding hydrogens is 512 g/mol. The molecule has 0 saturated heterocycles. The number of hydrogen-bond acceptors (Lipinski definition) is 7. The van der Waals surface area contributed by atoms with Crippen LogP contribution >= 0.6 is 0 Å². The molecule has 0 aromatic carbocycles. The highest BCUT2D eigenvalue weighted by Crippen LogP contribution is 2.35. The van der Waals surface area contributed by atoms with E-state index in [4.69, 9.17) is 9.72 Å². The largest absolute Gasteiger partial charge is 0.381 e. The lowest BCUT2D eigenvalue weighted by Crippen LogP contribution is -2.42. The van der Waals surface area contributed by atoms with Gasteiger partial charge in [0.25, 0.3) is 5.91 Å². The molecule has 11 heteroatoms. The normalized spacial score (nSPS) is 30.9. The fraction of sp³-hybridized carbons (Fsp3) is 0.759. The third kappa shape index (κ3) is 6.50. The molecule has 40 heavy (non-hydrogen) atoms. The standard InChI is InChI=1S/C29H44N6O5/c1-34-26(18-7-11-21(12-8-18)35(38)39)17-30-28(34)24(16-27(36)31-20-9-13-22(40-2)14-10-20)33-29(37)25-15-19-5-3-4-6-23(19)32-25/h15,17-24,32H,3-14,16H2,1-2H3,(H,31,36)(H,33,37)/t18?,19?,20?,21?,22?,23?,24-/m0/s1. The Hall–Kier alpha value is -2.95. The molecule has 3 fully saturated rings. The molecule has 3 saturated carbocycles. The maximum Gasteiger partial charge on any atom is 0.267 e. The Bertz CT molecular complexity index is 1100. The van der Waals surface area contributed by atoms with Gasteiger partial charge < -0.3 is 25.3 Å². The molecular formula is C29H44N6O5. The van der Waals surface area contributed by atoms with Crippen molar-refractivity contribution in [1.82, 2.24) is 25.5 Å². The Morgan fingerprint density at radius 3 is 2.52 bits per heavy atom. The molecule has 4 aliphatic rings. The summed E-state index contributed by atoms with van der Waals surface area (Å²) in [6.07, 6.45) is 14.9. The number of rotatable bonds is 9. The summed E-state index contributed by atoms with van der Waals surface area (Å²) < 4.78 is 7.44. The highest BCUT2D eigenvalue weighted by Gasteiger charge is 2.35. The smallest absolute Gasteiger partial charge is 0.267 e. The van der Waals surface area contributed by atoms with Crippen LogP contribution < -0.4 is 16.0 Å². The number of fused-ring (bicyclic) bond motifs is 1. The molecule has 0 bridgehead atoms. The van der Waals surface area contributed by atoms with Crippen molar-refractivity contribution in [3.63, 3.8) is 0 Å².